The van der Waals surface area contributed by atoms with E-state index in [0.717, 1.165) is 6.42 Å². The first-order valence-corrected chi connectivity index (χ1v) is 6.58. The molecule has 4 nitrogen and oxygen atoms in total. The Kier molecular flexibility index (Phi) is 6.12. The van der Waals surface area contributed by atoms with Crippen LogP contribution in [0, 0.1) is 0 Å². The molecule has 0 saturated heterocycles. The fourth-order valence-electron chi connectivity index (χ4n) is 1.43. The van der Waals surface area contributed by atoms with Crippen LogP contribution in [0.4, 0.5) is 0 Å². The molecule has 1 aromatic rings. The monoisotopic (exact) mass is 304 g/mol. The highest BCUT2D eigenvalue weighted by atomic mass is 35.5. The molecule has 1 N–H and O–H groups in total. The third-order valence-corrected chi connectivity index (χ3v) is 3.07. The Morgan fingerprint density at radius 3 is 2.42 bits per heavy atom. The predicted octanol–water partition coefficient (Wildman–Crippen LogP) is 3.83. The number of carboxylic acid groups (broad SMARTS) is 1. The highest BCUT2D eigenvalue weighted by Gasteiger charge is 2.16. The van der Waals surface area contributed by atoms with E-state index in [1.807, 2.05) is 6.92 Å². The third-order valence-electron chi connectivity index (χ3n) is 2.35. The maximum absolute atomic E-state index is 12.0. The molecule has 1 rings (SSSR count). The molecule has 0 heterocycles. The molecule has 0 aliphatic heterocycles. The first-order valence-electron chi connectivity index (χ1n) is 5.82. The molecular weight excluding hydrogens is 291 g/mol. The van der Waals surface area contributed by atoms with Gasteiger partial charge in [0, 0.05) is 12.5 Å². The average Bonchev–Trinajstić information content (AvgIpc) is 2.36. The Balaban J connectivity index is 2.98. The van der Waals surface area contributed by atoms with Crippen LogP contribution in [0.5, 0.6) is 5.75 Å². The second-order valence-corrected chi connectivity index (χ2v) is 4.74. The van der Waals surface area contributed by atoms with Crippen molar-refractivity contribution < 1.29 is 19.4 Å². The minimum atomic E-state index is -1.02. The van der Waals surface area contributed by atoms with Gasteiger partial charge in [-0.15, -0.1) is 0 Å². The Morgan fingerprint density at radius 2 is 1.84 bits per heavy atom. The Morgan fingerprint density at radius 1 is 1.21 bits per heavy atom. The summed E-state index contributed by atoms with van der Waals surface area (Å²) >= 11 is 11.8. The minimum Gasteiger partial charge on any atom is -0.493 e. The molecule has 0 saturated carbocycles. The summed E-state index contributed by atoms with van der Waals surface area (Å²) in [5.41, 5.74) is 0.268. The average molecular weight is 305 g/mol. The molecule has 0 unspecified atom stereocenters. The maximum Gasteiger partial charge on any atom is 0.303 e. The van der Waals surface area contributed by atoms with Gasteiger partial charge >= 0.3 is 5.97 Å². The van der Waals surface area contributed by atoms with Gasteiger partial charge in [0.1, 0.15) is 5.75 Å². The number of Topliss-reactive ketones (excluding diaryl/α,β-unsaturated/α-hetero) is 1. The lowest BCUT2D eigenvalue weighted by Crippen LogP contribution is -2.07. The van der Waals surface area contributed by atoms with Crippen molar-refractivity contribution in [3.05, 3.63) is 27.7 Å². The molecule has 19 heavy (non-hydrogen) atoms. The van der Waals surface area contributed by atoms with E-state index in [2.05, 4.69) is 0 Å². The van der Waals surface area contributed by atoms with Crippen molar-refractivity contribution in [3.63, 3.8) is 0 Å². The summed E-state index contributed by atoms with van der Waals surface area (Å²) in [4.78, 5) is 22.4. The van der Waals surface area contributed by atoms with Crippen LogP contribution in [0.15, 0.2) is 12.1 Å². The van der Waals surface area contributed by atoms with Crippen molar-refractivity contribution >= 4 is 35.0 Å². The number of benzene rings is 1. The lowest BCUT2D eigenvalue weighted by atomic mass is 10.1. The van der Waals surface area contributed by atoms with Gasteiger partial charge in [-0.05, 0) is 12.5 Å². The zero-order valence-corrected chi connectivity index (χ0v) is 11.9. The number of ether oxygens (including phenoxy) is 1. The molecule has 0 amide bonds. The molecule has 0 radical (unpaired) electrons. The maximum atomic E-state index is 12.0. The summed E-state index contributed by atoms with van der Waals surface area (Å²) in [6, 6.07) is 2.90. The second-order valence-electron chi connectivity index (χ2n) is 3.93. The normalized spacial score (nSPS) is 10.3. The van der Waals surface area contributed by atoms with E-state index in [-0.39, 0.29) is 29.2 Å². The van der Waals surface area contributed by atoms with Gasteiger partial charge in [-0.1, -0.05) is 30.1 Å². The quantitative estimate of drug-likeness (QED) is 0.778. The van der Waals surface area contributed by atoms with Crippen LogP contribution in [0.1, 0.15) is 36.5 Å². The molecule has 6 heteroatoms. The zero-order chi connectivity index (χ0) is 14.4. The lowest BCUT2D eigenvalue weighted by molar-refractivity contribution is -0.136. The first-order chi connectivity index (χ1) is 8.95. The van der Waals surface area contributed by atoms with Crippen molar-refractivity contribution in [3.8, 4) is 5.75 Å². The fourth-order valence-corrected chi connectivity index (χ4v) is 1.75. The summed E-state index contributed by atoms with van der Waals surface area (Å²) < 4.78 is 5.44. The number of halogens is 2. The molecule has 0 fully saturated rings. The van der Waals surface area contributed by atoms with E-state index in [1.165, 1.54) is 12.1 Å². The Labute approximate surface area is 121 Å². The van der Waals surface area contributed by atoms with Crippen molar-refractivity contribution in [2.75, 3.05) is 6.61 Å². The molecular formula is C13H14Cl2O4. The van der Waals surface area contributed by atoms with Gasteiger partial charge in [0.05, 0.1) is 28.6 Å². The number of carbonyl (C=O) groups is 2. The molecule has 0 spiro atoms. The van der Waals surface area contributed by atoms with Gasteiger partial charge in [0.25, 0.3) is 0 Å². The predicted molar refractivity (Wildman–Crippen MR) is 73.4 cm³/mol. The van der Waals surface area contributed by atoms with E-state index in [1.54, 1.807) is 0 Å². The minimum absolute atomic E-state index is 0.101. The molecule has 104 valence electrons. The van der Waals surface area contributed by atoms with E-state index in [9.17, 15) is 9.59 Å². The number of rotatable bonds is 7. The van der Waals surface area contributed by atoms with Crippen LogP contribution < -0.4 is 4.74 Å². The van der Waals surface area contributed by atoms with Crippen LogP contribution >= 0.6 is 23.2 Å². The smallest absolute Gasteiger partial charge is 0.303 e. The van der Waals surface area contributed by atoms with Crippen molar-refractivity contribution in [2.24, 2.45) is 0 Å². The van der Waals surface area contributed by atoms with Gasteiger partial charge in [0.2, 0.25) is 0 Å². The number of carboxylic acids is 1. The SMILES string of the molecule is CCCOc1cc(Cl)c(Cl)cc1C(=O)CCC(=O)O. The van der Waals surface area contributed by atoms with Crippen molar-refractivity contribution in [1.29, 1.82) is 0 Å². The van der Waals surface area contributed by atoms with E-state index in [0.29, 0.717) is 17.4 Å². The van der Waals surface area contributed by atoms with Gasteiger partial charge in [-0.3, -0.25) is 9.59 Å². The molecule has 0 bridgehead atoms. The van der Waals surface area contributed by atoms with Crippen molar-refractivity contribution in [2.45, 2.75) is 26.2 Å². The summed E-state index contributed by atoms with van der Waals surface area (Å²) in [6.45, 7) is 2.38. The van der Waals surface area contributed by atoms with Crippen LogP contribution in [0.25, 0.3) is 0 Å². The summed E-state index contributed by atoms with van der Waals surface area (Å²) in [5.74, 6) is -1.01. The molecule has 0 aromatic heterocycles. The van der Waals surface area contributed by atoms with E-state index < -0.39 is 5.97 Å². The first kappa shape index (κ1) is 15.8. The van der Waals surface area contributed by atoms with Crippen molar-refractivity contribution in [1.82, 2.24) is 0 Å². The van der Waals surface area contributed by atoms with Gasteiger partial charge in [-0.2, -0.15) is 0 Å². The van der Waals surface area contributed by atoms with E-state index in [4.69, 9.17) is 33.0 Å². The molecule has 0 atom stereocenters. The highest BCUT2D eigenvalue weighted by molar-refractivity contribution is 6.42. The number of hydrogen-bond acceptors (Lipinski definition) is 3. The molecule has 0 aliphatic rings. The van der Waals surface area contributed by atoms with E-state index >= 15 is 0 Å². The van der Waals surface area contributed by atoms with Gasteiger partial charge in [-0.25, -0.2) is 0 Å². The topological polar surface area (TPSA) is 63.6 Å². The zero-order valence-electron chi connectivity index (χ0n) is 10.4. The number of carbonyl (C=O) groups excluding carboxylic acids is 1. The second kappa shape index (κ2) is 7.36. The standard InChI is InChI=1S/C13H14Cl2O4/c1-2-5-19-12-7-10(15)9(14)6-8(12)11(16)3-4-13(17)18/h6-7H,2-5H2,1H3,(H,17,18). The van der Waals surface area contributed by atoms with Gasteiger partial charge < -0.3 is 9.84 Å². The third kappa shape index (κ3) is 4.73. The lowest BCUT2D eigenvalue weighted by Gasteiger charge is -2.11. The molecule has 1 aromatic carbocycles. The Bertz CT molecular complexity index is 486. The highest BCUT2D eigenvalue weighted by Crippen LogP contribution is 2.31. The number of hydrogen-bond donors (Lipinski definition) is 1. The van der Waals surface area contributed by atoms with Crippen LogP contribution in [0.2, 0.25) is 10.0 Å². The van der Waals surface area contributed by atoms with Gasteiger partial charge in [0.15, 0.2) is 5.78 Å². The summed E-state index contributed by atoms with van der Waals surface area (Å²) in [7, 11) is 0. The number of ketones is 1. The summed E-state index contributed by atoms with van der Waals surface area (Å²) in [6.07, 6.45) is 0.449. The Hall–Kier alpha value is -1.26. The summed E-state index contributed by atoms with van der Waals surface area (Å²) in [5, 5.41) is 9.12. The van der Waals surface area contributed by atoms with Crippen LogP contribution in [-0.4, -0.2) is 23.5 Å². The molecule has 0 aliphatic carbocycles. The fraction of sp³-hybridized carbons (Fsp3) is 0.385. The van der Waals surface area contributed by atoms with Crippen LogP contribution in [0.3, 0.4) is 0 Å². The largest absolute Gasteiger partial charge is 0.493 e. The van der Waals surface area contributed by atoms with Crippen LogP contribution in [-0.2, 0) is 4.79 Å². The number of aliphatic carboxylic acids is 1.